The smallest absolute Gasteiger partial charge is 0.253 e. The van der Waals surface area contributed by atoms with Crippen molar-refractivity contribution in [2.24, 2.45) is 11.8 Å². The molecule has 6 atom stereocenters. The van der Waals surface area contributed by atoms with Gasteiger partial charge in [-0.2, -0.15) is 0 Å². The number of aliphatic hydroxyl groups excluding tert-OH is 1. The highest BCUT2D eigenvalue weighted by atomic mass is 35.5. The molecule has 3 aromatic rings. The molecule has 2 fully saturated rings. The number of halogens is 1. The highest BCUT2D eigenvalue weighted by Gasteiger charge is 2.76. The zero-order valence-corrected chi connectivity index (χ0v) is 27.6. The Morgan fingerprint density at radius 2 is 1.54 bits per heavy atom. The summed E-state index contributed by atoms with van der Waals surface area (Å²) in [6, 6.07) is 21.5. The van der Waals surface area contributed by atoms with Crippen LogP contribution in [0.25, 0.3) is 0 Å². The van der Waals surface area contributed by atoms with Crippen molar-refractivity contribution in [3.63, 3.8) is 0 Å². The number of aliphatic hydroxyl groups is 1. The molecule has 1 unspecified atom stereocenters. The molecule has 4 aliphatic rings. The zero-order valence-electron chi connectivity index (χ0n) is 26.9. The first-order valence-corrected chi connectivity index (χ1v) is 16.8. The van der Waals surface area contributed by atoms with E-state index in [-0.39, 0.29) is 19.0 Å². The molecule has 0 aliphatic carbocycles. The largest absolute Gasteiger partial charge is 0.494 e. The van der Waals surface area contributed by atoms with Gasteiger partial charge in [0.25, 0.3) is 5.91 Å². The molecule has 0 bridgehead atoms. The lowest BCUT2D eigenvalue weighted by Crippen LogP contribution is -2.57. The molecule has 9 nitrogen and oxygen atoms in total. The fourth-order valence-electron chi connectivity index (χ4n) is 8.07. The van der Waals surface area contributed by atoms with Crippen molar-refractivity contribution in [1.82, 2.24) is 4.90 Å². The number of hydrogen-bond acceptors (Lipinski definition) is 6. The van der Waals surface area contributed by atoms with Crippen molar-refractivity contribution >= 4 is 40.7 Å². The Morgan fingerprint density at radius 1 is 0.854 bits per heavy atom. The first kappa shape index (κ1) is 32.1. The summed E-state index contributed by atoms with van der Waals surface area (Å²) in [5.74, 6) is -2.40. The normalized spacial score (nSPS) is 28.5. The van der Waals surface area contributed by atoms with E-state index in [9.17, 15) is 14.7 Å². The summed E-state index contributed by atoms with van der Waals surface area (Å²) in [7, 11) is 0. The Balaban J connectivity index is 1.39. The van der Waals surface area contributed by atoms with Gasteiger partial charge in [0.2, 0.25) is 11.8 Å². The van der Waals surface area contributed by atoms with E-state index >= 15 is 4.79 Å². The van der Waals surface area contributed by atoms with E-state index < -0.39 is 53.5 Å². The maximum absolute atomic E-state index is 15.1. The maximum Gasteiger partial charge on any atom is 0.253 e. The van der Waals surface area contributed by atoms with Crippen LogP contribution in [0.15, 0.2) is 103 Å². The summed E-state index contributed by atoms with van der Waals surface area (Å²) in [6.07, 6.45) is 7.85. The number of carbonyl (C=O) groups is 3. The van der Waals surface area contributed by atoms with Crippen molar-refractivity contribution in [3.05, 3.63) is 114 Å². The monoisotopic (exact) mass is 667 g/mol. The molecule has 10 heteroatoms. The molecule has 2 saturated heterocycles. The standard InChI is InChI=1S/C38H38ClN3O6/c1-3-37-20-10-22-40(26-16-18-27(19-17-26)47-4-2)34(44)31(37)32-35(45)42(30(24-43)25-12-6-5-7-13-25)33-36(46)41(23-11-21-38(32,33)48-37)29-15-9-8-14-28(29)39/h5-21,30-33,43H,3-4,22-24H2,1-2H3/t30-,31-,32+,33?,37+,38+/m1/s1. The number of rotatable bonds is 8. The minimum Gasteiger partial charge on any atom is -0.494 e. The van der Waals surface area contributed by atoms with E-state index in [2.05, 4.69) is 0 Å². The van der Waals surface area contributed by atoms with Crippen LogP contribution in [0.2, 0.25) is 5.02 Å². The highest BCUT2D eigenvalue weighted by molar-refractivity contribution is 6.34. The van der Waals surface area contributed by atoms with E-state index in [0.717, 1.165) is 0 Å². The number of carbonyl (C=O) groups excluding carboxylic acids is 3. The van der Waals surface area contributed by atoms with Gasteiger partial charge in [0, 0.05) is 18.8 Å². The average Bonchev–Trinajstić information content (AvgIpc) is 3.39. The van der Waals surface area contributed by atoms with Gasteiger partial charge < -0.3 is 29.3 Å². The molecule has 0 aromatic heterocycles. The zero-order chi connectivity index (χ0) is 33.6. The van der Waals surface area contributed by atoms with E-state index in [1.54, 1.807) is 34.1 Å². The Hall–Kier alpha value is -4.44. The Bertz CT molecular complexity index is 1780. The Kier molecular flexibility index (Phi) is 8.39. The predicted octanol–water partition coefficient (Wildman–Crippen LogP) is 5.34. The number of nitrogens with zero attached hydrogens (tertiary/aromatic N) is 3. The first-order chi connectivity index (χ1) is 23.3. The molecule has 4 heterocycles. The Labute approximate surface area is 285 Å². The fraction of sp³-hybridized carbons (Fsp3) is 0.342. The van der Waals surface area contributed by atoms with Crippen molar-refractivity contribution in [1.29, 1.82) is 0 Å². The number of anilines is 2. The molecule has 1 spiro atoms. The quantitative estimate of drug-likeness (QED) is 0.326. The van der Waals surface area contributed by atoms with Gasteiger partial charge in [-0.15, -0.1) is 0 Å². The summed E-state index contributed by atoms with van der Waals surface area (Å²) in [5.41, 5.74) is -0.840. The molecule has 0 radical (unpaired) electrons. The molecule has 1 N–H and O–H groups in total. The minimum absolute atomic E-state index is 0.180. The molecule has 3 amide bonds. The maximum atomic E-state index is 15.1. The van der Waals surface area contributed by atoms with Crippen molar-refractivity contribution < 1.29 is 29.0 Å². The lowest BCUT2D eigenvalue weighted by Gasteiger charge is -2.41. The number of likely N-dealkylation sites (tertiary alicyclic amines) is 1. The van der Waals surface area contributed by atoms with Gasteiger partial charge in [-0.3, -0.25) is 14.4 Å². The van der Waals surface area contributed by atoms with Crippen LogP contribution in [0, 0.1) is 11.8 Å². The summed E-state index contributed by atoms with van der Waals surface area (Å²) >= 11 is 6.63. The lowest BCUT2D eigenvalue weighted by atomic mass is 9.73. The topological polar surface area (TPSA) is 99.6 Å². The van der Waals surface area contributed by atoms with Crippen LogP contribution in [0.5, 0.6) is 5.75 Å². The van der Waals surface area contributed by atoms with Crippen molar-refractivity contribution in [2.45, 2.75) is 43.6 Å². The fourth-order valence-corrected chi connectivity index (χ4v) is 8.31. The number of benzene rings is 3. The molecule has 248 valence electrons. The molecule has 7 rings (SSSR count). The molecule has 3 aromatic carbocycles. The second-order valence-electron chi connectivity index (χ2n) is 12.6. The number of amides is 3. The SMILES string of the molecule is CCOc1ccc(N2CC=C[C@]3(CC)O[C@]45C=CCN(c6ccccc6Cl)C(=O)C4N([C@H](CO)c4ccccc4)C(=O)[C@@H]5[C@@H]3C2=O)cc1. The second kappa shape index (κ2) is 12.5. The van der Waals surface area contributed by atoms with Crippen molar-refractivity contribution in [3.8, 4) is 5.75 Å². The van der Waals surface area contributed by atoms with Gasteiger partial charge in [-0.1, -0.05) is 85.3 Å². The van der Waals surface area contributed by atoms with E-state index in [1.165, 1.54) is 4.90 Å². The Morgan fingerprint density at radius 3 is 2.23 bits per heavy atom. The van der Waals surface area contributed by atoms with Crippen LogP contribution in [0.1, 0.15) is 31.9 Å². The van der Waals surface area contributed by atoms with E-state index in [0.29, 0.717) is 40.7 Å². The molecular formula is C38H38ClN3O6. The molecule has 48 heavy (non-hydrogen) atoms. The van der Waals surface area contributed by atoms with E-state index in [1.807, 2.05) is 92.7 Å². The predicted molar refractivity (Wildman–Crippen MR) is 183 cm³/mol. The van der Waals surface area contributed by atoms with Crippen LogP contribution < -0.4 is 14.5 Å². The lowest BCUT2D eigenvalue weighted by molar-refractivity contribution is -0.149. The molecular weight excluding hydrogens is 630 g/mol. The summed E-state index contributed by atoms with van der Waals surface area (Å²) in [5, 5.41) is 11.3. The second-order valence-corrected chi connectivity index (χ2v) is 13.0. The number of para-hydroxylation sites is 1. The molecule has 4 aliphatic heterocycles. The van der Waals surface area contributed by atoms with Gasteiger partial charge >= 0.3 is 0 Å². The van der Waals surface area contributed by atoms with Crippen LogP contribution in [0.4, 0.5) is 11.4 Å². The van der Waals surface area contributed by atoms with E-state index in [4.69, 9.17) is 21.1 Å². The number of fused-ring (bicyclic) bond motifs is 2. The van der Waals surface area contributed by atoms with Gasteiger partial charge in [0.15, 0.2) is 0 Å². The van der Waals surface area contributed by atoms with Crippen LogP contribution in [-0.4, -0.2) is 71.3 Å². The van der Waals surface area contributed by atoms with Gasteiger partial charge in [0.05, 0.1) is 47.4 Å². The summed E-state index contributed by atoms with van der Waals surface area (Å²) < 4.78 is 12.8. The van der Waals surface area contributed by atoms with Gasteiger partial charge in [-0.05, 0) is 55.3 Å². The van der Waals surface area contributed by atoms with Crippen molar-refractivity contribution in [2.75, 3.05) is 36.1 Å². The highest BCUT2D eigenvalue weighted by Crippen LogP contribution is 2.60. The molecule has 0 saturated carbocycles. The number of ether oxygens (including phenoxy) is 2. The number of hydrogen-bond donors (Lipinski definition) is 1. The third-order valence-electron chi connectivity index (χ3n) is 10.2. The summed E-state index contributed by atoms with van der Waals surface area (Å²) in [6.45, 7) is 4.39. The third kappa shape index (κ3) is 4.86. The minimum atomic E-state index is -1.51. The van der Waals surface area contributed by atoms with Crippen LogP contribution >= 0.6 is 11.6 Å². The summed E-state index contributed by atoms with van der Waals surface area (Å²) in [4.78, 5) is 49.7. The van der Waals surface area contributed by atoms with Gasteiger partial charge in [-0.25, -0.2) is 0 Å². The van der Waals surface area contributed by atoms with Crippen LogP contribution in [0.3, 0.4) is 0 Å². The van der Waals surface area contributed by atoms with Gasteiger partial charge in [0.1, 0.15) is 17.4 Å². The van der Waals surface area contributed by atoms with Crippen LogP contribution in [-0.2, 0) is 19.1 Å². The third-order valence-corrected chi connectivity index (χ3v) is 10.5. The average molecular weight is 668 g/mol. The first-order valence-electron chi connectivity index (χ1n) is 16.4.